The van der Waals surface area contributed by atoms with Gasteiger partial charge in [-0.2, -0.15) is 5.10 Å². The topological polar surface area (TPSA) is 41.5 Å². The SMILES string of the molecule is C/C(Cc1ccccc1)=N/NC(=O)c1ccc(F)cc1. The molecule has 0 aromatic heterocycles. The predicted octanol–water partition coefficient (Wildman–Crippen LogP) is 3.17. The molecule has 0 aliphatic rings. The number of nitrogens with one attached hydrogen (secondary N) is 1. The smallest absolute Gasteiger partial charge is 0.267 e. The summed E-state index contributed by atoms with van der Waals surface area (Å²) in [5, 5.41) is 4.04. The van der Waals surface area contributed by atoms with Crippen LogP contribution in [0.25, 0.3) is 0 Å². The summed E-state index contributed by atoms with van der Waals surface area (Å²) in [6.45, 7) is 1.85. The number of carbonyl (C=O) groups is 1. The van der Waals surface area contributed by atoms with E-state index in [1.165, 1.54) is 24.3 Å². The average Bonchev–Trinajstić information content (AvgIpc) is 2.46. The summed E-state index contributed by atoms with van der Waals surface area (Å²) in [6, 6.07) is 15.2. The summed E-state index contributed by atoms with van der Waals surface area (Å²) >= 11 is 0. The molecule has 1 N–H and O–H groups in total. The quantitative estimate of drug-likeness (QED) is 0.673. The Labute approximate surface area is 117 Å². The molecule has 0 fully saturated rings. The number of halogens is 1. The van der Waals surface area contributed by atoms with Gasteiger partial charge in [0.1, 0.15) is 5.82 Å². The second-order valence-corrected chi connectivity index (χ2v) is 4.46. The van der Waals surface area contributed by atoms with E-state index in [-0.39, 0.29) is 11.7 Å². The maximum atomic E-state index is 12.7. The Balaban J connectivity index is 1.94. The van der Waals surface area contributed by atoms with E-state index in [9.17, 15) is 9.18 Å². The molecule has 2 aromatic rings. The van der Waals surface area contributed by atoms with Gasteiger partial charge in [0.25, 0.3) is 5.91 Å². The maximum absolute atomic E-state index is 12.7. The minimum absolute atomic E-state index is 0.350. The lowest BCUT2D eigenvalue weighted by atomic mass is 10.1. The molecule has 0 saturated carbocycles. The fraction of sp³-hybridized carbons (Fsp3) is 0.125. The second-order valence-electron chi connectivity index (χ2n) is 4.46. The van der Waals surface area contributed by atoms with E-state index in [1.54, 1.807) is 0 Å². The van der Waals surface area contributed by atoms with E-state index in [0.717, 1.165) is 11.3 Å². The first-order valence-corrected chi connectivity index (χ1v) is 6.28. The fourth-order valence-corrected chi connectivity index (χ4v) is 1.74. The van der Waals surface area contributed by atoms with Gasteiger partial charge in [-0.25, -0.2) is 9.82 Å². The van der Waals surface area contributed by atoms with Gasteiger partial charge in [0.2, 0.25) is 0 Å². The van der Waals surface area contributed by atoms with Crippen molar-refractivity contribution >= 4 is 11.6 Å². The van der Waals surface area contributed by atoms with Gasteiger partial charge in [0.15, 0.2) is 0 Å². The van der Waals surface area contributed by atoms with Gasteiger partial charge in [-0.05, 0) is 36.8 Å². The van der Waals surface area contributed by atoms with Gasteiger partial charge in [0, 0.05) is 17.7 Å². The van der Waals surface area contributed by atoms with Gasteiger partial charge in [-0.1, -0.05) is 30.3 Å². The van der Waals surface area contributed by atoms with Crippen molar-refractivity contribution in [2.24, 2.45) is 5.10 Å². The molecule has 0 aliphatic carbocycles. The van der Waals surface area contributed by atoms with E-state index < -0.39 is 0 Å². The number of carbonyl (C=O) groups excluding carboxylic acids is 1. The molecule has 2 aromatic carbocycles. The van der Waals surface area contributed by atoms with Crippen LogP contribution >= 0.6 is 0 Å². The lowest BCUT2D eigenvalue weighted by Crippen LogP contribution is -2.19. The van der Waals surface area contributed by atoms with E-state index in [4.69, 9.17) is 0 Å². The molecular formula is C16H15FN2O. The highest BCUT2D eigenvalue weighted by molar-refractivity contribution is 5.95. The van der Waals surface area contributed by atoms with Crippen molar-refractivity contribution in [3.8, 4) is 0 Å². The molecule has 2 rings (SSSR count). The van der Waals surface area contributed by atoms with Crippen LogP contribution in [0, 0.1) is 5.82 Å². The molecule has 0 bridgehead atoms. The third kappa shape index (κ3) is 4.02. The minimum Gasteiger partial charge on any atom is -0.267 e. The van der Waals surface area contributed by atoms with Gasteiger partial charge < -0.3 is 0 Å². The Morgan fingerprint density at radius 1 is 1.10 bits per heavy atom. The lowest BCUT2D eigenvalue weighted by Gasteiger charge is -2.03. The standard InChI is InChI=1S/C16H15FN2O/c1-12(11-13-5-3-2-4-6-13)18-19-16(20)14-7-9-15(17)10-8-14/h2-10H,11H2,1H3,(H,19,20)/b18-12-. The number of hydrogen-bond donors (Lipinski definition) is 1. The van der Waals surface area contributed by atoms with Crippen molar-refractivity contribution in [3.63, 3.8) is 0 Å². The number of hydrazone groups is 1. The molecular weight excluding hydrogens is 255 g/mol. The molecule has 0 saturated heterocycles. The van der Waals surface area contributed by atoms with E-state index in [2.05, 4.69) is 10.5 Å². The first-order valence-electron chi connectivity index (χ1n) is 6.28. The molecule has 0 atom stereocenters. The van der Waals surface area contributed by atoms with Crippen LogP contribution in [0.2, 0.25) is 0 Å². The highest BCUT2D eigenvalue weighted by Crippen LogP contribution is 2.03. The zero-order valence-corrected chi connectivity index (χ0v) is 11.1. The molecule has 0 aliphatic heterocycles. The van der Waals surface area contributed by atoms with Crippen molar-refractivity contribution in [3.05, 3.63) is 71.5 Å². The molecule has 1 amide bonds. The fourth-order valence-electron chi connectivity index (χ4n) is 1.74. The van der Waals surface area contributed by atoms with Crippen molar-refractivity contribution in [1.82, 2.24) is 5.43 Å². The number of benzene rings is 2. The lowest BCUT2D eigenvalue weighted by molar-refractivity contribution is 0.0954. The van der Waals surface area contributed by atoms with Crippen LogP contribution in [0.1, 0.15) is 22.8 Å². The third-order valence-electron chi connectivity index (χ3n) is 2.76. The summed E-state index contributed by atoms with van der Waals surface area (Å²) in [5.74, 6) is -0.720. The van der Waals surface area contributed by atoms with E-state index in [1.807, 2.05) is 37.3 Å². The summed E-state index contributed by atoms with van der Waals surface area (Å²) in [7, 11) is 0. The summed E-state index contributed by atoms with van der Waals surface area (Å²) in [5.41, 5.74) is 4.77. The van der Waals surface area contributed by atoms with Crippen LogP contribution in [0.5, 0.6) is 0 Å². The Bertz CT molecular complexity index is 606. The summed E-state index contributed by atoms with van der Waals surface area (Å²) in [4.78, 5) is 11.8. The molecule has 0 unspecified atom stereocenters. The van der Waals surface area contributed by atoms with E-state index in [0.29, 0.717) is 12.0 Å². The third-order valence-corrected chi connectivity index (χ3v) is 2.76. The van der Waals surface area contributed by atoms with Gasteiger partial charge in [0.05, 0.1) is 0 Å². The van der Waals surface area contributed by atoms with Crippen molar-refractivity contribution in [1.29, 1.82) is 0 Å². The zero-order chi connectivity index (χ0) is 14.4. The Morgan fingerprint density at radius 3 is 2.40 bits per heavy atom. The molecule has 4 heteroatoms. The number of nitrogens with zero attached hydrogens (tertiary/aromatic N) is 1. The summed E-state index contributed by atoms with van der Waals surface area (Å²) in [6.07, 6.45) is 0.671. The van der Waals surface area contributed by atoms with Gasteiger partial charge in [-0.15, -0.1) is 0 Å². The van der Waals surface area contributed by atoms with Crippen LogP contribution in [0.3, 0.4) is 0 Å². The minimum atomic E-state index is -0.370. The molecule has 0 radical (unpaired) electrons. The Morgan fingerprint density at radius 2 is 1.75 bits per heavy atom. The van der Waals surface area contributed by atoms with Crippen LogP contribution in [0.4, 0.5) is 4.39 Å². The predicted molar refractivity (Wildman–Crippen MR) is 77.1 cm³/mol. The first-order chi connectivity index (χ1) is 9.65. The first kappa shape index (κ1) is 13.9. The number of rotatable bonds is 4. The van der Waals surface area contributed by atoms with Crippen molar-refractivity contribution in [2.75, 3.05) is 0 Å². The maximum Gasteiger partial charge on any atom is 0.271 e. The number of amides is 1. The molecule has 0 spiro atoms. The zero-order valence-electron chi connectivity index (χ0n) is 11.1. The Kier molecular flexibility index (Phi) is 4.60. The summed E-state index contributed by atoms with van der Waals surface area (Å²) < 4.78 is 12.7. The normalized spacial score (nSPS) is 11.2. The molecule has 20 heavy (non-hydrogen) atoms. The highest BCUT2D eigenvalue weighted by atomic mass is 19.1. The molecule has 3 nitrogen and oxygen atoms in total. The van der Waals surface area contributed by atoms with Crippen molar-refractivity contribution < 1.29 is 9.18 Å². The van der Waals surface area contributed by atoms with Crippen molar-refractivity contribution in [2.45, 2.75) is 13.3 Å². The van der Waals surface area contributed by atoms with Crippen LogP contribution in [-0.2, 0) is 6.42 Å². The van der Waals surface area contributed by atoms with Crippen LogP contribution in [0.15, 0.2) is 59.7 Å². The molecule has 102 valence electrons. The average molecular weight is 270 g/mol. The number of hydrogen-bond acceptors (Lipinski definition) is 2. The second kappa shape index (κ2) is 6.61. The van der Waals surface area contributed by atoms with E-state index >= 15 is 0 Å². The van der Waals surface area contributed by atoms with Crippen LogP contribution < -0.4 is 5.43 Å². The largest absolute Gasteiger partial charge is 0.271 e. The van der Waals surface area contributed by atoms with Gasteiger partial charge in [-0.3, -0.25) is 4.79 Å². The highest BCUT2D eigenvalue weighted by Gasteiger charge is 2.04. The molecule has 0 heterocycles. The van der Waals surface area contributed by atoms with Crippen LogP contribution in [-0.4, -0.2) is 11.6 Å². The van der Waals surface area contributed by atoms with Gasteiger partial charge >= 0.3 is 0 Å². The Hall–Kier alpha value is -2.49. The monoisotopic (exact) mass is 270 g/mol.